The molecular weight excluding hydrogens is 370 g/mol. The van der Waals surface area contributed by atoms with Gasteiger partial charge >= 0.3 is 5.97 Å². The zero-order valence-corrected chi connectivity index (χ0v) is 17.2. The van der Waals surface area contributed by atoms with Crippen molar-refractivity contribution < 1.29 is 23.8 Å². The lowest BCUT2D eigenvalue weighted by Crippen LogP contribution is -2.41. The molecule has 0 aliphatic rings. The summed E-state index contributed by atoms with van der Waals surface area (Å²) in [6, 6.07) is 17.0. The van der Waals surface area contributed by atoms with Gasteiger partial charge in [0.15, 0.2) is 12.7 Å². The van der Waals surface area contributed by atoms with Crippen LogP contribution in [0.2, 0.25) is 0 Å². The maximum absolute atomic E-state index is 12.2. The van der Waals surface area contributed by atoms with Crippen LogP contribution in [0.4, 0.5) is 0 Å². The molecule has 2 aromatic carbocycles. The summed E-state index contributed by atoms with van der Waals surface area (Å²) < 4.78 is 15.9. The topological polar surface area (TPSA) is 73.9 Å². The third-order valence-electron chi connectivity index (χ3n) is 4.27. The third-order valence-corrected chi connectivity index (χ3v) is 4.27. The van der Waals surface area contributed by atoms with Gasteiger partial charge in [0.05, 0.1) is 6.61 Å². The molecule has 0 unspecified atom stereocenters. The molecule has 2 aromatic rings. The third kappa shape index (κ3) is 8.25. The van der Waals surface area contributed by atoms with Crippen molar-refractivity contribution in [3.63, 3.8) is 0 Å². The Morgan fingerprint density at radius 3 is 2.17 bits per heavy atom. The highest BCUT2D eigenvalue weighted by atomic mass is 16.6. The second kappa shape index (κ2) is 11.7. The largest absolute Gasteiger partial charge is 0.494 e. The Kier molecular flexibility index (Phi) is 9.02. The molecule has 0 aliphatic heterocycles. The van der Waals surface area contributed by atoms with Gasteiger partial charge in [0.1, 0.15) is 11.5 Å². The van der Waals surface area contributed by atoms with Crippen LogP contribution in [0.15, 0.2) is 54.6 Å². The molecule has 0 saturated carbocycles. The number of hydrogen-bond donors (Lipinski definition) is 1. The lowest BCUT2D eigenvalue weighted by molar-refractivity contribution is -0.156. The molecule has 0 bridgehead atoms. The van der Waals surface area contributed by atoms with Crippen LogP contribution in [0.5, 0.6) is 11.5 Å². The maximum atomic E-state index is 12.2. The Labute approximate surface area is 172 Å². The van der Waals surface area contributed by atoms with E-state index in [1.54, 1.807) is 31.2 Å². The first-order chi connectivity index (χ1) is 14.0. The van der Waals surface area contributed by atoms with Gasteiger partial charge in [0, 0.05) is 6.04 Å². The van der Waals surface area contributed by atoms with E-state index >= 15 is 0 Å². The van der Waals surface area contributed by atoms with Crippen molar-refractivity contribution in [1.29, 1.82) is 0 Å². The van der Waals surface area contributed by atoms with Gasteiger partial charge in [-0.15, -0.1) is 0 Å². The zero-order valence-electron chi connectivity index (χ0n) is 17.2. The van der Waals surface area contributed by atoms with E-state index in [-0.39, 0.29) is 18.6 Å². The fourth-order valence-electron chi connectivity index (χ4n) is 2.69. The first kappa shape index (κ1) is 22.3. The van der Waals surface area contributed by atoms with Crippen LogP contribution in [0.1, 0.15) is 32.8 Å². The molecule has 6 heteroatoms. The molecule has 1 N–H and O–H groups in total. The average molecular weight is 399 g/mol. The van der Waals surface area contributed by atoms with Crippen molar-refractivity contribution in [2.24, 2.45) is 0 Å². The van der Waals surface area contributed by atoms with E-state index < -0.39 is 12.1 Å². The Bertz CT molecular complexity index is 761. The van der Waals surface area contributed by atoms with E-state index in [0.29, 0.717) is 12.4 Å². The van der Waals surface area contributed by atoms with E-state index in [9.17, 15) is 9.59 Å². The molecule has 0 radical (unpaired) electrons. The Balaban J connectivity index is 1.68. The molecule has 0 aliphatic carbocycles. The van der Waals surface area contributed by atoms with E-state index in [1.165, 1.54) is 5.56 Å². The summed E-state index contributed by atoms with van der Waals surface area (Å²) in [6.45, 7) is 5.70. The number of esters is 1. The van der Waals surface area contributed by atoms with E-state index in [4.69, 9.17) is 14.2 Å². The van der Waals surface area contributed by atoms with Crippen LogP contribution in [0.25, 0.3) is 0 Å². The van der Waals surface area contributed by atoms with Crippen LogP contribution < -0.4 is 14.8 Å². The van der Waals surface area contributed by atoms with E-state index in [1.807, 2.05) is 32.0 Å². The number of nitrogens with one attached hydrogen (secondary N) is 1. The summed E-state index contributed by atoms with van der Waals surface area (Å²) in [5, 5.41) is 2.88. The summed E-state index contributed by atoms with van der Waals surface area (Å²) >= 11 is 0. The molecule has 2 atom stereocenters. The van der Waals surface area contributed by atoms with Gasteiger partial charge in [-0.25, -0.2) is 4.79 Å². The highest BCUT2D eigenvalue weighted by Crippen LogP contribution is 2.17. The Morgan fingerprint density at radius 1 is 0.931 bits per heavy atom. The Hall–Kier alpha value is -3.02. The number of hydrogen-bond acceptors (Lipinski definition) is 5. The highest BCUT2D eigenvalue weighted by Gasteiger charge is 2.19. The second-order valence-corrected chi connectivity index (χ2v) is 6.76. The first-order valence-corrected chi connectivity index (χ1v) is 9.87. The van der Waals surface area contributed by atoms with Gasteiger partial charge in [0.25, 0.3) is 5.91 Å². The van der Waals surface area contributed by atoms with Crippen molar-refractivity contribution in [3.05, 3.63) is 60.2 Å². The number of ether oxygens (including phenoxy) is 3. The SMILES string of the molecule is CCOc1ccc(OCC(=O)O[C@@H](C)C(=O)N[C@@H](C)CCc2ccccc2)cc1. The molecule has 0 spiro atoms. The van der Waals surface area contributed by atoms with E-state index in [2.05, 4.69) is 17.4 Å². The molecule has 0 fully saturated rings. The predicted octanol–water partition coefficient (Wildman–Crippen LogP) is 3.53. The summed E-state index contributed by atoms with van der Waals surface area (Å²) in [7, 11) is 0. The smallest absolute Gasteiger partial charge is 0.344 e. The van der Waals surface area contributed by atoms with E-state index in [0.717, 1.165) is 18.6 Å². The van der Waals surface area contributed by atoms with Crippen molar-refractivity contribution in [3.8, 4) is 11.5 Å². The molecule has 0 heterocycles. The van der Waals surface area contributed by atoms with Crippen LogP contribution in [-0.4, -0.2) is 37.2 Å². The van der Waals surface area contributed by atoms with Crippen molar-refractivity contribution in [2.75, 3.05) is 13.2 Å². The van der Waals surface area contributed by atoms with Gasteiger partial charge in [-0.05, 0) is 63.4 Å². The first-order valence-electron chi connectivity index (χ1n) is 9.87. The van der Waals surface area contributed by atoms with Gasteiger partial charge in [-0.3, -0.25) is 4.79 Å². The molecular formula is C23H29NO5. The van der Waals surface area contributed by atoms with Gasteiger partial charge < -0.3 is 19.5 Å². The van der Waals surface area contributed by atoms with Crippen LogP contribution in [-0.2, 0) is 20.7 Å². The molecule has 0 aromatic heterocycles. The standard InChI is InChI=1S/C23H29NO5/c1-4-27-20-12-14-21(15-13-20)28-16-22(25)29-18(3)23(26)24-17(2)10-11-19-8-6-5-7-9-19/h5-9,12-15,17-18H,4,10-11,16H2,1-3H3,(H,24,26)/t17-,18-/m0/s1. The molecule has 2 rings (SSSR count). The minimum atomic E-state index is -0.884. The monoisotopic (exact) mass is 399 g/mol. The van der Waals surface area contributed by atoms with Crippen LogP contribution in [0.3, 0.4) is 0 Å². The number of aryl methyl sites for hydroxylation is 1. The number of amides is 1. The minimum Gasteiger partial charge on any atom is -0.494 e. The minimum absolute atomic E-state index is 0.0241. The lowest BCUT2D eigenvalue weighted by Gasteiger charge is -2.18. The molecule has 0 saturated heterocycles. The zero-order chi connectivity index (χ0) is 21.1. The predicted molar refractivity (Wildman–Crippen MR) is 111 cm³/mol. The average Bonchev–Trinajstić information content (AvgIpc) is 2.72. The summed E-state index contributed by atoms with van der Waals surface area (Å²) in [5.41, 5.74) is 1.22. The number of carbonyl (C=O) groups excluding carboxylic acids is 2. The van der Waals surface area contributed by atoms with Crippen molar-refractivity contribution in [1.82, 2.24) is 5.32 Å². The quantitative estimate of drug-likeness (QED) is 0.585. The maximum Gasteiger partial charge on any atom is 0.344 e. The lowest BCUT2D eigenvalue weighted by atomic mass is 10.1. The molecule has 29 heavy (non-hydrogen) atoms. The number of carbonyl (C=O) groups is 2. The summed E-state index contributed by atoms with van der Waals surface area (Å²) in [4.78, 5) is 24.2. The fraction of sp³-hybridized carbons (Fsp3) is 0.391. The van der Waals surface area contributed by atoms with Crippen LogP contribution in [0, 0.1) is 0 Å². The normalized spacial score (nSPS) is 12.5. The highest BCUT2D eigenvalue weighted by molar-refractivity contribution is 5.83. The van der Waals surface area contributed by atoms with Crippen LogP contribution >= 0.6 is 0 Å². The van der Waals surface area contributed by atoms with Crippen molar-refractivity contribution >= 4 is 11.9 Å². The molecule has 6 nitrogen and oxygen atoms in total. The van der Waals surface area contributed by atoms with Gasteiger partial charge in [0.2, 0.25) is 0 Å². The molecule has 156 valence electrons. The second-order valence-electron chi connectivity index (χ2n) is 6.76. The summed E-state index contributed by atoms with van der Waals surface area (Å²) in [6.07, 6.45) is 0.787. The summed E-state index contributed by atoms with van der Waals surface area (Å²) in [5.74, 6) is 0.338. The number of rotatable bonds is 11. The van der Waals surface area contributed by atoms with Gasteiger partial charge in [-0.2, -0.15) is 0 Å². The van der Waals surface area contributed by atoms with Gasteiger partial charge in [-0.1, -0.05) is 30.3 Å². The number of benzene rings is 2. The van der Waals surface area contributed by atoms with Crippen molar-refractivity contribution in [2.45, 2.75) is 45.8 Å². The fourth-order valence-corrected chi connectivity index (χ4v) is 2.69. The Morgan fingerprint density at radius 2 is 1.55 bits per heavy atom. The molecule has 1 amide bonds.